The average molecular weight is 248 g/mol. The largest absolute Gasteiger partial charge is 0.493 e. The van der Waals surface area contributed by atoms with E-state index < -0.39 is 0 Å². The van der Waals surface area contributed by atoms with Crippen LogP contribution >= 0.6 is 0 Å². The fourth-order valence-electron chi connectivity index (χ4n) is 2.40. The van der Waals surface area contributed by atoms with Crippen molar-refractivity contribution in [1.82, 2.24) is 0 Å². The molecule has 1 aromatic rings. The van der Waals surface area contributed by atoms with E-state index in [9.17, 15) is 5.11 Å². The molecule has 0 bridgehead atoms. The van der Waals surface area contributed by atoms with Crippen LogP contribution < -0.4 is 4.74 Å². The fourth-order valence-corrected chi connectivity index (χ4v) is 2.40. The maximum Gasteiger partial charge on any atom is 0.122 e. The Labute approximate surface area is 110 Å². The second-order valence-corrected chi connectivity index (χ2v) is 5.70. The first kappa shape index (κ1) is 13.4. The van der Waals surface area contributed by atoms with Crippen LogP contribution in [0.3, 0.4) is 0 Å². The van der Waals surface area contributed by atoms with E-state index in [0.29, 0.717) is 5.92 Å². The molecule has 2 nitrogen and oxygen atoms in total. The number of ether oxygens (including phenoxy) is 1. The van der Waals surface area contributed by atoms with E-state index in [1.165, 1.54) is 11.1 Å². The number of fused-ring (bicyclic) bond motifs is 1. The maximum absolute atomic E-state index is 9.93. The molecule has 0 aliphatic carbocycles. The van der Waals surface area contributed by atoms with Crippen molar-refractivity contribution in [3.63, 3.8) is 0 Å². The van der Waals surface area contributed by atoms with Crippen LogP contribution in [0.4, 0.5) is 0 Å². The summed E-state index contributed by atoms with van der Waals surface area (Å²) in [6.07, 6.45) is 4.74. The molecule has 0 saturated heterocycles. The molecule has 2 heteroatoms. The number of aliphatic hydroxyl groups excluding tert-OH is 1. The molecule has 0 amide bonds. The van der Waals surface area contributed by atoms with E-state index in [1.54, 1.807) is 0 Å². The van der Waals surface area contributed by atoms with Crippen molar-refractivity contribution in [2.24, 2.45) is 5.92 Å². The van der Waals surface area contributed by atoms with Crippen LogP contribution in [-0.2, 0) is 12.8 Å². The van der Waals surface area contributed by atoms with Crippen LogP contribution in [0.15, 0.2) is 18.2 Å². The summed E-state index contributed by atoms with van der Waals surface area (Å²) in [6.45, 7) is 5.22. The van der Waals surface area contributed by atoms with Crippen LogP contribution in [-0.4, -0.2) is 17.8 Å². The van der Waals surface area contributed by atoms with Gasteiger partial charge >= 0.3 is 0 Å². The van der Waals surface area contributed by atoms with Gasteiger partial charge in [0.25, 0.3) is 0 Å². The molecule has 0 spiro atoms. The Morgan fingerprint density at radius 2 is 2.06 bits per heavy atom. The van der Waals surface area contributed by atoms with Gasteiger partial charge in [0.1, 0.15) is 5.75 Å². The van der Waals surface area contributed by atoms with Crippen molar-refractivity contribution in [2.75, 3.05) is 6.61 Å². The highest BCUT2D eigenvalue weighted by atomic mass is 16.5. The van der Waals surface area contributed by atoms with Crippen LogP contribution in [0.25, 0.3) is 0 Å². The Morgan fingerprint density at radius 3 is 2.83 bits per heavy atom. The fraction of sp³-hybridized carbons (Fsp3) is 0.625. The Bertz CT molecular complexity index is 385. The number of aliphatic hydroxyl groups is 1. The average Bonchev–Trinajstić information content (AvgIpc) is 2.81. The lowest BCUT2D eigenvalue weighted by Gasteiger charge is -2.12. The minimum atomic E-state index is -0.156. The monoisotopic (exact) mass is 248 g/mol. The molecule has 1 aliphatic heterocycles. The molecule has 1 unspecified atom stereocenters. The van der Waals surface area contributed by atoms with Crippen LogP contribution in [0, 0.1) is 5.92 Å². The molecule has 0 aromatic heterocycles. The molecule has 0 fully saturated rings. The van der Waals surface area contributed by atoms with Gasteiger partial charge in [-0.3, -0.25) is 0 Å². The smallest absolute Gasteiger partial charge is 0.122 e. The zero-order chi connectivity index (χ0) is 13.0. The molecule has 1 atom stereocenters. The first-order chi connectivity index (χ1) is 8.65. The van der Waals surface area contributed by atoms with Gasteiger partial charge in [0.15, 0.2) is 0 Å². The van der Waals surface area contributed by atoms with Crippen LogP contribution in [0.2, 0.25) is 0 Å². The van der Waals surface area contributed by atoms with Gasteiger partial charge in [0, 0.05) is 6.42 Å². The van der Waals surface area contributed by atoms with Crippen molar-refractivity contribution < 1.29 is 9.84 Å². The normalized spacial score (nSPS) is 15.6. The summed E-state index contributed by atoms with van der Waals surface area (Å²) in [5.74, 6) is 1.72. The molecule has 1 aliphatic rings. The third-order valence-electron chi connectivity index (χ3n) is 3.60. The second kappa shape index (κ2) is 6.24. The molecule has 0 radical (unpaired) electrons. The lowest BCUT2D eigenvalue weighted by Crippen LogP contribution is -2.09. The predicted octanol–water partition coefficient (Wildman–Crippen LogP) is 3.35. The molecular formula is C16H24O2. The summed E-state index contributed by atoms with van der Waals surface area (Å²) in [5.41, 5.74) is 2.65. The van der Waals surface area contributed by atoms with Gasteiger partial charge in [-0.1, -0.05) is 26.0 Å². The molecule has 18 heavy (non-hydrogen) atoms. The summed E-state index contributed by atoms with van der Waals surface area (Å²) >= 11 is 0. The standard InChI is InChI=1S/C16H24O2/c1-12(2)3-6-15(17)7-4-13-5-8-16-14(11-13)9-10-18-16/h5,8,11-12,15,17H,3-4,6-7,9-10H2,1-2H3. The number of rotatable bonds is 6. The SMILES string of the molecule is CC(C)CCC(O)CCc1ccc2c(c1)CCO2. The van der Waals surface area contributed by atoms with Gasteiger partial charge < -0.3 is 9.84 Å². The summed E-state index contributed by atoms with van der Waals surface area (Å²) in [5, 5.41) is 9.93. The maximum atomic E-state index is 9.93. The second-order valence-electron chi connectivity index (χ2n) is 5.70. The molecule has 1 N–H and O–H groups in total. The summed E-state index contributed by atoms with van der Waals surface area (Å²) in [4.78, 5) is 0. The Morgan fingerprint density at radius 1 is 1.22 bits per heavy atom. The highest BCUT2D eigenvalue weighted by molar-refractivity contribution is 5.39. The first-order valence-electron chi connectivity index (χ1n) is 7.08. The van der Waals surface area contributed by atoms with E-state index in [2.05, 4.69) is 32.0 Å². The van der Waals surface area contributed by atoms with E-state index in [4.69, 9.17) is 4.74 Å². The van der Waals surface area contributed by atoms with Gasteiger partial charge in [-0.25, -0.2) is 0 Å². The summed E-state index contributed by atoms with van der Waals surface area (Å²) < 4.78 is 5.49. The van der Waals surface area contributed by atoms with E-state index in [0.717, 1.165) is 44.5 Å². The third-order valence-corrected chi connectivity index (χ3v) is 3.60. The quantitative estimate of drug-likeness (QED) is 0.836. The molecule has 100 valence electrons. The zero-order valence-electron chi connectivity index (χ0n) is 11.5. The molecular weight excluding hydrogens is 224 g/mol. The minimum absolute atomic E-state index is 0.156. The van der Waals surface area contributed by atoms with Crippen molar-refractivity contribution in [2.45, 2.75) is 52.1 Å². The van der Waals surface area contributed by atoms with Gasteiger partial charge in [0.2, 0.25) is 0 Å². The number of aryl methyl sites for hydroxylation is 1. The highest BCUT2D eigenvalue weighted by Gasteiger charge is 2.12. The lowest BCUT2D eigenvalue weighted by atomic mass is 9.99. The summed E-state index contributed by atoms with van der Waals surface area (Å²) in [6, 6.07) is 6.43. The van der Waals surface area contributed by atoms with E-state index >= 15 is 0 Å². The van der Waals surface area contributed by atoms with Gasteiger partial charge in [-0.05, 0) is 48.8 Å². The van der Waals surface area contributed by atoms with Crippen molar-refractivity contribution >= 4 is 0 Å². The third kappa shape index (κ3) is 3.74. The Balaban J connectivity index is 1.79. The van der Waals surface area contributed by atoms with Crippen LogP contribution in [0.1, 0.15) is 44.2 Å². The Hall–Kier alpha value is -1.02. The van der Waals surface area contributed by atoms with Crippen molar-refractivity contribution in [3.8, 4) is 5.75 Å². The number of hydrogen-bond acceptors (Lipinski definition) is 2. The number of hydrogen-bond donors (Lipinski definition) is 1. The molecule has 1 heterocycles. The van der Waals surface area contributed by atoms with E-state index in [1.807, 2.05) is 0 Å². The van der Waals surface area contributed by atoms with Crippen LogP contribution in [0.5, 0.6) is 5.75 Å². The summed E-state index contributed by atoms with van der Waals surface area (Å²) in [7, 11) is 0. The van der Waals surface area contributed by atoms with Crippen molar-refractivity contribution in [3.05, 3.63) is 29.3 Å². The van der Waals surface area contributed by atoms with Crippen molar-refractivity contribution in [1.29, 1.82) is 0 Å². The number of benzene rings is 1. The van der Waals surface area contributed by atoms with Gasteiger partial charge in [0.05, 0.1) is 12.7 Å². The lowest BCUT2D eigenvalue weighted by molar-refractivity contribution is 0.147. The first-order valence-corrected chi connectivity index (χ1v) is 7.08. The zero-order valence-corrected chi connectivity index (χ0v) is 11.5. The van der Waals surface area contributed by atoms with Gasteiger partial charge in [-0.2, -0.15) is 0 Å². The molecule has 1 aromatic carbocycles. The highest BCUT2D eigenvalue weighted by Crippen LogP contribution is 2.26. The van der Waals surface area contributed by atoms with Gasteiger partial charge in [-0.15, -0.1) is 0 Å². The topological polar surface area (TPSA) is 29.5 Å². The molecule has 2 rings (SSSR count). The minimum Gasteiger partial charge on any atom is -0.493 e. The Kier molecular flexibility index (Phi) is 4.65. The predicted molar refractivity (Wildman–Crippen MR) is 74.0 cm³/mol. The van der Waals surface area contributed by atoms with E-state index in [-0.39, 0.29) is 6.10 Å². The molecule has 0 saturated carbocycles.